The minimum atomic E-state index is 0.714. The van der Waals surface area contributed by atoms with E-state index in [4.69, 9.17) is 9.15 Å². The minimum Gasteiger partial charge on any atom is -0.494 e. The number of hydrogen-bond donors (Lipinski definition) is 0. The third kappa shape index (κ3) is 1.54. The molecule has 0 unspecified atom stereocenters. The zero-order chi connectivity index (χ0) is 11.7. The Bertz CT molecular complexity index is 647. The molecule has 84 valence electrons. The van der Waals surface area contributed by atoms with Crippen molar-refractivity contribution in [3.8, 4) is 16.9 Å². The summed E-state index contributed by atoms with van der Waals surface area (Å²) in [5.74, 6) is 0.714. The number of benzene rings is 1. The van der Waals surface area contributed by atoms with Crippen molar-refractivity contribution in [3.05, 3.63) is 43.1 Å². The fourth-order valence-electron chi connectivity index (χ4n) is 1.85. The summed E-state index contributed by atoms with van der Waals surface area (Å²) in [4.78, 5) is 8.17. The summed E-state index contributed by atoms with van der Waals surface area (Å²) in [7, 11) is 1.62. The zero-order valence-corrected chi connectivity index (χ0v) is 9.25. The van der Waals surface area contributed by atoms with E-state index in [0.717, 1.165) is 22.2 Å². The van der Waals surface area contributed by atoms with Gasteiger partial charge in [-0.15, -0.1) is 0 Å². The number of methoxy groups -OCH3 is 1. The fraction of sp³-hybridized carbons (Fsp3) is 0.0769. The molecule has 0 aliphatic heterocycles. The summed E-state index contributed by atoms with van der Waals surface area (Å²) >= 11 is 0. The lowest BCUT2D eigenvalue weighted by molar-refractivity contribution is 0.419. The molecule has 2 heterocycles. The van der Waals surface area contributed by atoms with E-state index in [2.05, 4.69) is 9.97 Å². The van der Waals surface area contributed by atoms with E-state index in [1.165, 1.54) is 6.39 Å². The first-order chi connectivity index (χ1) is 8.40. The largest absolute Gasteiger partial charge is 0.494 e. The lowest BCUT2D eigenvalue weighted by atomic mass is 10.1. The van der Waals surface area contributed by atoms with Crippen LogP contribution in [0.25, 0.3) is 22.2 Å². The highest BCUT2D eigenvalue weighted by Gasteiger charge is 2.11. The monoisotopic (exact) mass is 226 g/mol. The van der Waals surface area contributed by atoms with Crippen molar-refractivity contribution < 1.29 is 9.15 Å². The molecule has 0 atom stereocenters. The van der Waals surface area contributed by atoms with Crippen LogP contribution in [0, 0.1) is 0 Å². The van der Waals surface area contributed by atoms with E-state index < -0.39 is 0 Å². The van der Waals surface area contributed by atoms with Gasteiger partial charge in [-0.3, -0.25) is 4.98 Å². The molecule has 4 nitrogen and oxygen atoms in total. The van der Waals surface area contributed by atoms with Gasteiger partial charge in [0.2, 0.25) is 0 Å². The molecule has 3 aromatic rings. The van der Waals surface area contributed by atoms with Crippen molar-refractivity contribution in [1.82, 2.24) is 9.97 Å². The molecule has 0 N–H and O–H groups in total. The highest BCUT2D eigenvalue weighted by molar-refractivity contribution is 5.93. The Hall–Kier alpha value is -2.36. The van der Waals surface area contributed by atoms with Gasteiger partial charge in [0, 0.05) is 18.0 Å². The molecule has 4 heteroatoms. The molecule has 0 radical (unpaired) electrons. The van der Waals surface area contributed by atoms with Crippen molar-refractivity contribution in [2.75, 3.05) is 7.11 Å². The molecule has 1 aromatic carbocycles. The second kappa shape index (κ2) is 3.90. The van der Waals surface area contributed by atoms with Gasteiger partial charge in [0.25, 0.3) is 0 Å². The molecule has 0 bridgehead atoms. The molecule has 0 spiro atoms. The van der Waals surface area contributed by atoms with Gasteiger partial charge >= 0.3 is 0 Å². The number of nitrogens with zero attached hydrogens (tertiary/aromatic N) is 2. The maximum absolute atomic E-state index is 5.43. The minimum absolute atomic E-state index is 0.714. The topological polar surface area (TPSA) is 48.2 Å². The summed E-state index contributed by atoms with van der Waals surface area (Å²) in [6, 6.07) is 7.72. The Morgan fingerprint density at radius 1 is 1.12 bits per heavy atom. The van der Waals surface area contributed by atoms with Crippen LogP contribution in [0.4, 0.5) is 0 Å². The Labute approximate surface area is 97.9 Å². The predicted octanol–water partition coefficient (Wildman–Crippen LogP) is 2.90. The van der Waals surface area contributed by atoms with E-state index in [9.17, 15) is 0 Å². The van der Waals surface area contributed by atoms with Crippen LogP contribution in [0.3, 0.4) is 0 Å². The van der Waals surface area contributed by atoms with E-state index in [1.54, 1.807) is 19.5 Å². The van der Waals surface area contributed by atoms with E-state index in [1.807, 2.05) is 24.3 Å². The standard InChI is InChI=1S/C13H10N2O2/c1-16-11-3-2-10(9-4-6-14-7-5-9)13-12(11)15-8-17-13/h2-8H,1H3. The molecule has 0 saturated heterocycles. The summed E-state index contributed by atoms with van der Waals surface area (Å²) in [5, 5.41) is 0. The summed E-state index contributed by atoms with van der Waals surface area (Å²) < 4.78 is 10.7. The molecule has 0 amide bonds. The number of aromatic nitrogens is 2. The van der Waals surface area contributed by atoms with Crippen LogP contribution in [0.5, 0.6) is 5.75 Å². The molecule has 0 aliphatic carbocycles. The third-order valence-electron chi connectivity index (χ3n) is 2.66. The highest BCUT2D eigenvalue weighted by Crippen LogP contribution is 2.33. The Morgan fingerprint density at radius 2 is 1.94 bits per heavy atom. The predicted molar refractivity (Wildman–Crippen MR) is 63.8 cm³/mol. The van der Waals surface area contributed by atoms with Crippen molar-refractivity contribution in [3.63, 3.8) is 0 Å². The number of oxazole rings is 1. The van der Waals surface area contributed by atoms with Gasteiger partial charge in [0.15, 0.2) is 17.5 Å². The molecular formula is C13H10N2O2. The molecule has 2 aromatic heterocycles. The zero-order valence-electron chi connectivity index (χ0n) is 9.25. The smallest absolute Gasteiger partial charge is 0.182 e. The van der Waals surface area contributed by atoms with Gasteiger partial charge in [-0.1, -0.05) is 0 Å². The molecule has 0 aliphatic rings. The first-order valence-corrected chi connectivity index (χ1v) is 5.21. The summed E-state index contributed by atoms with van der Waals surface area (Å²) in [5.41, 5.74) is 3.50. The van der Waals surface area contributed by atoms with Crippen molar-refractivity contribution in [2.24, 2.45) is 0 Å². The average Bonchev–Trinajstić information content (AvgIpc) is 2.88. The van der Waals surface area contributed by atoms with Crippen LogP contribution in [0.1, 0.15) is 0 Å². The van der Waals surface area contributed by atoms with Crippen molar-refractivity contribution >= 4 is 11.1 Å². The van der Waals surface area contributed by atoms with Crippen molar-refractivity contribution in [2.45, 2.75) is 0 Å². The quantitative estimate of drug-likeness (QED) is 0.674. The van der Waals surface area contributed by atoms with Gasteiger partial charge in [-0.25, -0.2) is 4.98 Å². The second-order valence-electron chi connectivity index (χ2n) is 3.58. The van der Waals surface area contributed by atoms with Gasteiger partial charge in [0.05, 0.1) is 7.11 Å². The molecule has 0 saturated carbocycles. The third-order valence-corrected chi connectivity index (χ3v) is 2.66. The molecular weight excluding hydrogens is 216 g/mol. The maximum Gasteiger partial charge on any atom is 0.182 e. The second-order valence-corrected chi connectivity index (χ2v) is 3.58. The van der Waals surface area contributed by atoms with Crippen LogP contribution in [-0.4, -0.2) is 17.1 Å². The SMILES string of the molecule is COc1ccc(-c2ccncc2)c2ocnc12. The van der Waals surface area contributed by atoms with E-state index in [0.29, 0.717) is 5.75 Å². The van der Waals surface area contributed by atoms with E-state index in [-0.39, 0.29) is 0 Å². The Morgan fingerprint density at radius 3 is 2.71 bits per heavy atom. The van der Waals surface area contributed by atoms with Gasteiger partial charge in [0.1, 0.15) is 5.75 Å². The van der Waals surface area contributed by atoms with Gasteiger partial charge in [-0.05, 0) is 29.8 Å². The van der Waals surface area contributed by atoms with Crippen LogP contribution in [0.2, 0.25) is 0 Å². The van der Waals surface area contributed by atoms with Gasteiger partial charge < -0.3 is 9.15 Å². The first kappa shape index (κ1) is 9.84. The van der Waals surface area contributed by atoms with Crippen LogP contribution >= 0.6 is 0 Å². The first-order valence-electron chi connectivity index (χ1n) is 5.21. The molecule has 3 rings (SSSR count). The van der Waals surface area contributed by atoms with Crippen molar-refractivity contribution in [1.29, 1.82) is 0 Å². The normalized spacial score (nSPS) is 10.6. The highest BCUT2D eigenvalue weighted by atomic mass is 16.5. The lowest BCUT2D eigenvalue weighted by Crippen LogP contribution is -1.86. The number of fused-ring (bicyclic) bond motifs is 1. The van der Waals surface area contributed by atoms with Crippen LogP contribution < -0.4 is 4.74 Å². The number of pyridine rings is 1. The average molecular weight is 226 g/mol. The number of rotatable bonds is 2. The maximum atomic E-state index is 5.43. The Balaban J connectivity index is 2.29. The van der Waals surface area contributed by atoms with Gasteiger partial charge in [-0.2, -0.15) is 0 Å². The Kier molecular flexibility index (Phi) is 2.26. The fourth-order valence-corrected chi connectivity index (χ4v) is 1.85. The number of hydrogen-bond acceptors (Lipinski definition) is 4. The van der Waals surface area contributed by atoms with Crippen LogP contribution in [-0.2, 0) is 0 Å². The molecule has 0 fully saturated rings. The number of ether oxygens (including phenoxy) is 1. The summed E-state index contributed by atoms with van der Waals surface area (Å²) in [6.07, 6.45) is 4.93. The lowest BCUT2D eigenvalue weighted by Gasteiger charge is -2.04. The van der Waals surface area contributed by atoms with E-state index >= 15 is 0 Å². The summed E-state index contributed by atoms with van der Waals surface area (Å²) in [6.45, 7) is 0. The van der Waals surface area contributed by atoms with Crippen LogP contribution in [0.15, 0.2) is 47.5 Å². The molecule has 17 heavy (non-hydrogen) atoms.